The third-order valence-electron chi connectivity index (χ3n) is 8.84. The highest BCUT2D eigenvalue weighted by atomic mass is 15.1. The molecule has 1 aromatic carbocycles. The Balaban J connectivity index is 1.80. The van der Waals surface area contributed by atoms with Crippen molar-refractivity contribution >= 4 is 5.71 Å². The van der Waals surface area contributed by atoms with Crippen LogP contribution in [0.5, 0.6) is 0 Å². The SMILES string of the molecule is C=C(/C(C)=N/C1=CCC(C(C)(C)c2cccc(C(C)(C)C3(C)C=CC(C)=CC3)c2)C=C1)N(C)/C=C\C. The molecule has 3 rings (SSSR count). The molecule has 0 radical (unpaired) electrons. The molecule has 2 atom stereocenters. The van der Waals surface area contributed by atoms with E-state index in [2.05, 4.69) is 109 Å². The van der Waals surface area contributed by atoms with Crippen molar-refractivity contribution in [3.8, 4) is 0 Å². The Morgan fingerprint density at radius 1 is 1.14 bits per heavy atom. The highest BCUT2D eigenvalue weighted by Crippen LogP contribution is 2.48. The van der Waals surface area contributed by atoms with Gasteiger partial charge in [0, 0.05) is 7.05 Å². The van der Waals surface area contributed by atoms with E-state index in [1.807, 2.05) is 38.1 Å². The summed E-state index contributed by atoms with van der Waals surface area (Å²) in [6, 6.07) is 9.33. The summed E-state index contributed by atoms with van der Waals surface area (Å²) in [5.74, 6) is 0.416. The number of hydrogen-bond donors (Lipinski definition) is 0. The molecule has 2 heteroatoms. The van der Waals surface area contributed by atoms with Crippen LogP contribution in [0, 0.1) is 11.3 Å². The van der Waals surface area contributed by atoms with Gasteiger partial charge in [0.1, 0.15) is 0 Å². The lowest BCUT2D eigenvalue weighted by molar-refractivity contribution is 0.238. The number of allylic oxidation sites excluding steroid dienone is 9. The maximum atomic E-state index is 4.84. The first kappa shape index (κ1) is 27.7. The van der Waals surface area contributed by atoms with E-state index in [0.717, 1.165) is 29.9 Å². The minimum absolute atomic E-state index is 0.0128. The summed E-state index contributed by atoms with van der Waals surface area (Å²) in [4.78, 5) is 6.85. The van der Waals surface area contributed by atoms with E-state index in [1.165, 1.54) is 16.7 Å². The Hall–Kier alpha value is -2.87. The third-order valence-corrected chi connectivity index (χ3v) is 8.84. The van der Waals surface area contributed by atoms with Crippen LogP contribution in [0.2, 0.25) is 0 Å². The lowest BCUT2D eigenvalue weighted by atomic mass is 9.59. The van der Waals surface area contributed by atoms with Crippen molar-refractivity contribution in [2.24, 2.45) is 16.3 Å². The normalized spacial score (nSPS) is 23.0. The van der Waals surface area contributed by atoms with Gasteiger partial charge in [-0.05, 0) is 79.2 Å². The van der Waals surface area contributed by atoms with Gasteiger partial charge >= 0.3 is 0 Å². The molecule has 0 saturated heterocycles. The maximum Gasteiger partial charge on any atom is 0.0610 e. The molecule has 2 nitrogen and oxygen atoms in total. The molecule has 0 bridgehead atoms. The third kappa shape index (κ3) is 5.59. The van der Waals surface area contributed by atoms with Crippen LogP contribution in [-0.2, 0) is 10.8 Å². The summed E-state index contributed by atoms with van der Waals surface area (Å²) in [7, 11) is 2.00. The molecular weight excluding hydrogens is 436 g/mol. The van der Waals surface area contributed by atoms with Gasteiger partial charge in [-0.1, -0.05) is 107 Å². The molecule has 36 heavy (non-hydrogen) atoms. The predicted molar refractivity (Wildman–Crippen MR) is 158 cm³/mol. The fraction of sp³-hybridized carbons (Fsp3) is 0.441. The monoisotopic (exact) mass is 482 g/mol. The van der Waals surface area contributed by atoms with Gasteiger partial charge in [0.25, 0.3) is 0 Å². The minimum Gasteiger partial charge on any atom is -0.350 e. The molecule has 0 aromatic heterocycles. The van der Waals surface area contributed by atoms with Crippen molar-refractivity contribution in [3.05, 3.63) is 108 Å². The molecule has 0 heterocycles. The Bertz CT molecular complexity index is 1170. The van der Waals surface area contributed by atoms with Crippen LogP contribution >= 0.6 is 0 Å². The van der Waals surface area contributed by atoms with Gasteiger partial charge in [-0.3, -0.25) is 4.99 Å². The van der Waals surface area contributed by atoms with Crippen LogP contribution in [0.1, 0.15) is 79.4 Å². The van der Waals surface area contributed by atoms with E-state index >= 15 is 0 Å². The Morgan fingerprint density at radius 3 is 2.42 bits per heavy atom. The topological polar surface area (TPSA) is 15.6 Å². The van der Waals surface area contributed by atoms with Crippen molar-refractivity contribution in [1.29, 1.82) is 0 Å². The van der Waals surface area contributed by atoms with Crippen LogP contribution in [0.3, 0.4) is 0 Å². The number of benzene rings is 1. The van der Waals surface area contributed by atoms with Gasteiger partial charge in [0.15, 0.2) is 0 Å². The summed E-state index contributed by atoms with van der Waals surface area (Å²) >= 11 is 0. The van der Waals surface area contributed by atoms with Crippen molar-refractivity contribution < 1.29 is 0 Å². The summed E-state index contributed by atoms with van der Waals surface area (Å²) in [6.07, 6.45) is 19.9. The van der Waals surface area contributed by atoms with Gasteiger partial charge in [0.2, 0.25) is 0 Å². The largest absolute Gasteiger partial charge is 0.350 e. The quantitative estimate of drug-likeness (QED) is 0.337. The number of aliphatic imine (C=N–C) groups is 1. The second kappa shape index (κ2) is 10.6. The highest BCUT2D eigenvalue weighted by molar-refractivity contribution is 5.98. The molecule has 2 aliphatic carbocycles. The molecule has 0 spiro atoms. The molecule has 0 fully saturated rings. The van der Waals surface area contributed by atoms with Crippen LogP contribution in [0.15, 0.2) is 102 Å². The summed E-state index contributed by atoms with van der Waals surface area (Å²) in [5.41, 5.74) is 7.18. The van der Waals surface area contributed by atoms with E-state index in [1.54, 1.807) is 0 Å². The molecule has 192 valence electrons. The average Bonchev–Trinajstić information content (AvgIpc) is 2.85. The first-order valence-electron chi connectivity index (χ1n) is 13.3. The fourth-order valence-corrected chi connectivity index (χ4v) is 5.19. The lowest BCUT2D eigenvalue weighted by Crippen LogP contribution is -2.38. The maximum absolute atomic E-state index is 4.84. The number of nitrogens with zero attached hydrogens (tertiary/aromatic N) is 2. The van der Waals surface area contributed by atoms with Crippen molar-refractivity contribution in [2.45, 2.75) is 79.1 Å². The number of hydrogen-bond acceptors (Lipinski definition) is 2. The second-order valence-corrected chi connectivity index (χ2v) is 11.9. The number of rotatable bonds is 8. The Morgan fingerprint density at radius 2 is 1.83 bits per heavy atom. The van der Waals surface area contributed by atoms with Crippen molar-refractivity contribution in [1.82, 2.24) is 4.90 Å². The fourth-order valence-electron chi connectivity index (χ4n) is 5.19. The van der Waals surface area contributed by atoms with Gasteiger partial charge < -0.3 is 4.90 Å². The van der Waals surface area contributed by atoms with Crippen LogP contribution in [0.4, 0.5) is 0 Å². The Labute approximate surface area is 220 Å². The predicted octanol–water partition coefficient (Wildman–Crippen LogP) is 9.05. The van der Waals surface area contributed by atoms with Crippen LogP contribution < -0.4 is 0 Å². The van der Waals surface area contributed by atoms with E-state index in [4.69, 9.17) is 4.99 Å². The van der Waals surface area contributed by atoms with E-state index < -0.39 is 0 Å². The van der Waals surface area contributed by atoms with Gasteiger partial charge in [-0.2, -0.15) is 0 Å². The molecule has 0 N–H and O–H groups in total. The molecule has 0 amide bonds. The second-order valence-electron chi connectivity index (χ2n) is 11.9. The van der Waals surface area contributed by atoms with Crippen LogP contribution in [-0.4, -0.2) is 17.7 Å². The van der Waals surface area contributed by atoms with Gasteiger partial charge in [-0.15, -0.1) is 0 Å². The van der Waals surface area contributed by atoms with Crippen LogP contribution in [0.25, 0.3) is 0 Å². The van der Waals surface area contributed by atoms with Gasteiger partial charge in [0.05, 0.1) is 17.1 Å². The molecule has 1 aromatic rings. The molecule has 0 saturated carbocycles. The van der Waals surface area contributed by atoms with E-state index in [9.17, 15) is 0 Å². The van der Waals surface area contributed by atoms with E-state index in [0.29, 0.717) is 5.92 Å². The molecule has 2 unspecified atom stereocenters. The molecular formula is C34H46N2. The first-order valence-corrected chi connectivity index (χ1v) is 13.3. The summed E-state index contributed by atoms with van der Waals surface area (Å²) in [5, 5.41) is 0. The smallest absolute Gasteiger partial charge is 0.0610 e. The summed E-state index contributed by atoms with van der Waals surface area (Å²) in [6.45, 7) is 22.4. The first-order chi connectivity index (χ1) is 16.8. The molecule has 0 aliphatic heterocycles. The average molecular weight is 483 g/mol. The standard InChI is InChI=1S/C34H46N2/c1-11-23-36(10)27(4)26(3)35-31-17-15-28(16-18-31)32(5,6)29-13-12-14-30(24-29)33(7,8)34(9)21-19-25(2)20-22-34/h11-15,17-21,23-24,28H,4,16,22H2,1-3,5-10H3/b23-11-,35-26+. The zero-order valence-electron chi connectivity index (χ0n) is 24.0. The lowest BCUT2D eigenvalue weighted by Gasteiger charge is -2.44. The van der Waals surface area contributed by atoms with Gasteiger partial charge in [-0.25, -0.2) is 0 Å². The zero-order chi connectivity index (χ0) is 26.7. The Kier molecular flexibility index (Phi) is 8.18. The summed E-state index contributed by atoms with van der Waals surface area (Å²) < 4.78 is 0. The van der Waals surface area contributed by atoms with Crippen molar-refractivity contribution in [2.75, 3.05) is 7.05 Å². The highest BCUT2D eigenvalue weighted by Gasteiger charge is 2.41. The van der Waals surface area contributed by atoms with Crippen molar-refractivity contribution in [3.63, 3.8) is 0 Å². The molecule has 2 aliphatic rings. The minimum atomic E-state index is 0.0128. The van der Waals surface area contributed by atoms with E-state index in [-0.39, 0.29) is 16.2 Å². The zero-order valence-corrected chi connectivity index (χ0v) is 24.0.